The van der Waals surface area contributed by atoms with Gasteiger partial charge in [0.15, 0.2) is 11.6 Å². The van der Waals surface area contributed by atoms with Crippen LogP contribution in [0.15, 0.2) is 72.8 Å². The largest absolute Gasteiger partial charge is 0.343 e. The molecule has 0 aliphatic heterocycles. The van der Waals surface area contributed by atoms with E-state index in [0.717, 1.165) is 16.6 Å². The molecule has 0 atom stereocenters. The second kappa shape index (κ2) is 9.14. The van der Waals surface area contributed by atoms with E-state index < -0.39 is 0 Å². The van der Waals surface area contributed by atoms with Crippen molar-refractivity contribution in [2.24, 2.45) is 7.05 Å². The molecule has 0 unspecified atom stereocenters. The van der Waals surface area contributed by atoms with Gasteiger partial charge >= 0.3 is 0 Å². The van der Waals surface area contributed by atoms with Crippen molar-refractivity contribution in [3.63, 3.8) is 0 Å². The number of carbonyl (C=O) groups excluding carboxylic acids is 1. The second-order valence-electron chi connectivity index (χ2n) is 7.69. The maximum Gasteiger partial charge on any atom is 0.268 e. The van der Waals surface area contributed by atoms with Crippen molar-refractivity contribution in [2.45, 2.75) is 6.54 Å². The Morgan fingerprint density at radius 2 is 1.68 bits per heavy atom. The van der Waals surface area contributed by atoms with Gasteiger partial charge in [-0.25, -0.2) is 9.67 Å². The molecule has 0 radical (unpaired) electrons. The number of aromatic nitrogens is 4. The summed E-state index contributed by atoms with van der Waals surface area (Å²) in [6, 6.07) is 22.1. The maximum atomic E-state index is 12.9. The molecule has 5 aromatic rings. The number of hydrogen-bond acceptors (Lipinski definition) is 3. The Labute approximate surface area is 210 Å². The molecule has 1 N–H and O–H groups in total. The van der Waals surface area contributed by atoms with Gasteiger partial charge in [0.05, 0.1) is 17.3 Å². The molecule has 3 aromatic carbocycles. The minimum atomic E-state index is -0.215. The molecule has 0 aliphatic rings. The summed E-state index contributed by atoms with van der Waals surface area (Å²) >= 11 is 18.6. The summed E-state index contributed by atoms with van der Waals surface area (Å²) < 4.78 is 3.53. The molecule has 1 amide bonds. The van der Waals surface area contributed by atoms with Crippen molar-refractivity contribution in [3.05, 3.63) is 99.4 Å². The fourth-order valence-corrected chi connectivity index (χ4v) is 4.41. The van der Waals surface area contributed by atoms with Crippen LogP contribution in [0.5, 0.6) is 0 Å². The molecule has 5 rings (SSSR count). The Kier molecular flexibility index (Phi) is 6.04. The summed E-state index contributed by atoms with van der Waals surface area (Å²) in [6.45, 7) is 0.138. The number of hydrogen-bond donors (Lipinski definition) is 1. The van der Waals surface area contributed by atoms with Crippen LogP contribution < -0.4 is 5.32 Å². The van der Waals surface area contributed by atoms with E-state index in [1.54, 1.807) is 35.0 Å². The van der Waals surface area contributed by atoms with E-state index in [1.807, 2.05) is 54.1 Å². The molecule has 2 aromatic heterocycles. The summed E-state index contributed by atoms with van der Waals surface area (Å²) in [7, 11) is 1.87. The Morgan fingerprint density at radius 1 is 0.941 bits per heavy atom. The summed E-state index contributed by atoms with van der Waals surface area (Å²) in [5.74, 6) is 0.744. The number of amides is 1. The topological polar surface area (TPSA) is 64.7 Å². The molecule has 6 nitrogen and oxygen atoms in total. The van der Waals surface area contributed by atoms with Crippen LogP contribution in [0.1, 0.15) is 16.3 Å². The van der Waals surface area contributed by atoms with Gasteiger partial charge in [-0.1, -0.05) is 53.0 Å². The van der Waals surface area contributed by atoms with Crippen LogP contribution in [0, 0.1) is 0 Å². The molecule has 34 heavy (non-hydrogen) atoms. The van der Waals surface area contributed by atoms with Crippen molar-refractivity contribution in [3.8, 4) is 17.1 Å². The smallest absolute Gasteiger partial charge is 0.268 e. The number of halogens is 3. The predicted octanol–water partition coefficient (Wildman–Crippen LogP) is 6.32. The lowest BCUT2D eigenvalue weighted by Crippen LogP contribution is -2.25. The molecule has 0 spiro atoms. The van der Waals surface area contributed by atoms with Gasteiger partial charge in [-0.3, -0.25) is 4.79 Å². The zero-order chi connectivity index (χ0) is 23.8. The summed E-state index contributed by atoms with van der Waals surface area (Å²) in [4.78, 5) is 17.6. The first-order valence-electron chi connectivity index (χ1n) is 10.4. The van der Waals surface area contributed by atoms with E-state index in [1.165, 1.54) is 0 Å². The number of aryl methyl sites for hydroxylation is 1. The van der Waals surface area contributed by atoms with Crippen LogP contribution in [0.25, 0.3) is 28.0 Å². The minimum absolute atomic E-state index is 0.138. The normalized spacial score (nSPS) is 11.2. The van der Waals surface area contributed by atoms with E-state index >= 15 is 0 Å². The van der Waals surface area contributed by atoms with Crippen LogP contribution in [0.2, 0.25) is 15.1 Å². The fraction of sp³-hybridized carbons (Fsp3) is 0.0800. The second-order valence-corrected chi connectivity index (χ2v) is 8.97. The molecule has 9 heteroatoms. The average Bonchev–Trinajstić information content (AvgIpc) is 3.40. The molecule has 0 saturated carbocycles. The molecule has 0 aliphatic carbocycles. The van der Waals surface area contributed by atoms with Gasteiger partial charge in [0.2, 0.25) is 0 Å². The molecular weight excluding hydrogens is 493 g/mol. The van der Waals surface area contributed by atoms with E-state index in [4.69, 9.17) is 34.8 Å². The number of rotatable bonds is 5. The zero-order valence-electron chi connectivity index (χ0n) is 18.0. The number of benzene rings is 3. The Morgan fingerprint density at radius 3 is 2.41 bits per heavy atom. The molecule has 0 fully saturated rings. The Hall–Kier alpha value is -3.32. The number of para-hydroxylation sites is 1. The van der Waals surface area contributed by atoms with Gasteiger partial charge in [-0.15, -0.1) is 5.10 Å². The monoisotopic (exact) mass is 509 g/mol. The van der Waals surface area contributed by atoms with Crippen LogP contribution in [0.3, 0.4) is 0 Å². The van der Waals surface area contributed by atoms with E-state index in [0.29, 0.717) is 38.0 Å². The first kappa shape index (κ1) is 22.5. The lowest BCUT2D eigenvalue weighted by molar-refractivity contribution is 0.0942. The standard InChI is InChI=1S/C25H18Cl3N5O/c1-32-21-5-3-2-4-15(21)12-22(32)25(34)29-14-23-30-24(19-11-8-17(27)13-20(19)28)33(31-23)18-9-6-16(26)7-10-18/h2-13H,14H2,1H3,(H,29,34). The molecule has 0 bridgehead atoms. The summed E-state index contributed by atoms with van der Waals surface area (Å²) in [5.41, 5.74) is 2.96. The zero-order valence-corrected chi connectivity index (χ0v) is 20.2. The highest BCUT2D eigenvalue weighted by Gasteiger charge is 2.18. The number of nitrogens with one attached hydrogen (secondary N) is 1. The van der Waals surface area contributed by atoms with Gasteiger partial charge in [0.25, 0.3) is 5.91 Å². The highest BCUT2D eigenvalue weighted by molar-refractivity contribution is 6.36. The molecule has 170 valence electrons. The highest BCUT2D eigenvalue weighted by Crippen LogP contribution is 2.31. The van der Waals surface area contributed by atoms with Gasteiger partial charge in [0, 0.05) is 33.6 Å². The third-order valence-electron chi connectivity index (χ3n) is 5.49. The van der Waals surface area contributed by atoms with Crippen LogP contribution >= 0.6 is 34.8 Å². The van der Waals surface area contributed by atoms with E-state index in [9.17, 15) is 4.79 Å². The maximum absolute atomic E-state index is 12.9. The lowest BCUT2D eigenvalue weighted by atomic mass is 10.2. The van der Waals surface area contributed by atoms with E-state index in [-0.39, 0.29) is 12.5 Å². The summed E-state index contributed by atoms with van der Waals surface area (Å²) in [6.07, 6.45) is 0. The SMILES string of the molecule is Cn1c(C(=O)NCc2nc(-c3ccc(Cl)cc3Cl)n(-c3ccc(Cl)cc3)n2)cc2ccccc21. The van der Waals surface area contributed by atoms with Gasteiger partial charge in [-0.2, -0.15) is 0 Å². The average molecular weight is 511 g/mol. The fourth-order valence-electron chi connectivity index (χ4n) is 3.79. The van der Waals surface area contributed by atoms with Gasteiger partial charge in [0.1, 0.15) is 5.69 Å². The molecule has 0 saturated heterocycles. The van der Waals surface area contributed by atoms with Crippen molar-refractivity contribution in [1.29, 1.82) is 0 Å². The third kappa shape index (κ3) is 4.28. The quantitative estimate of drug-likeness (QED) is 0.301. The molecule has 2 heterocycles. The van der Waals surface area contributed by atoms with E-state index in [2.05, 4.69) is 15.4 Å². The Bertz CT molecular complexity index is 1520. The van der Waals surface area contributed by atoms with Crippen molar-refractivity contribution in [1.82, 2.24) is 24.6 Å². The lowest BCUT2D eigenvalue weighted by Gasteiger charge is -2.08. The van der Waals surface area contributed by atoms with Crippen LogP contribution in [-0.2, 0) is 13.6 Å². The number of nitrogens with zero attached hydrogens (tertiary/aromatic N) is 4. The van der Waals surface area contributed by atoms with Crippen molar-refractivity contribution < 1.29 is 4.79 Å². The summed E-state index contributed by atoms with van der Waals surface area (Å²) in [5, 5.41) is 10.1. The number of fused-ring (bicyclic) bond motifs is 1. The first-order chi connectivity index (χ1) is 16.4. The Balaban J connectivity index is 1.47. The minimum Gasteiger partial charge on any atom is -0.343 e. The van der Waals surface area contributed by atoms with Gasteiger partial charge < -0.3 is 9.88 Å². The van der Waals surface area contributed by atoms with Crippen molar-refractivity contribution >= 4 is 51.6 Å². The third-order valence-corrected chi connectivity index (χ3v) is 6.29. The highest BCUT2D eigenvalue weighted by atomic mass is 35.5. The van der Waals surface area contributed by atoms with Crippen molar-refractivity contribution in [2.75, 3.05) is 0 Å². The van der Waals surface area contributed by atoms with Crippen LogP contribution in [0.4, 0.5) is 0 Å². The number of carbonyl (C=O) groups is 1. The molecular formula is C25H18Cl3N5O. The van der Waals surface area contributed by atoms with Gasteiger partial charge in [-0.05, 0) is 54.6 Å². The predicted molar refractivity (Wildman–Crippen MR) is 136 cm³/mol. The van der Waals surface area contributed by atoms with Crippen LogP contribution in [-0.4, -0.2) is 25.2 Å². The first-order valence-corrected chi connectivity index (χ1v) is 11.5.